The van der Waals surface area contributed by atoms with Crippen LogP contribution in [0.25, 0.3) is 0 Å². The molecule has 0 saturated heterocycles. The second-order valence-electron chi connectivity index (χ2n) is 4.05. The normalized spacial score (nSPS) is 10.3. The van der Waals surface area contributed by atoms with E-state index in [9.17, 15) is 9.59 Å². The molecule has 20 heavy (non-hydrogen) atoms. The number of hydrogen-bond donors (Lipinski definition) is 2. The lowest BCUT2D eigenvalue weighted by molar-refractivity contribution is 0.0691. The van der Waals surface area contributed by atoms with Crippen LogP contribution in [0.1, 0.15) is 31.4 Å². The van der Waals surface area contributed by atoms with Gasteiger partial charge < -0.3 is 10.4 Å². The number of aryl methyl sites for hydroxylation is 1. The number of nitrogens with zero attached hydrogens (tertiary/aromatic N) is 1. The summed E-state index contributed by atoms with van der Waals surface area (Å²) in [4.78, 5) is 26.7. The molecule has 1 heterocycles. The molecule has 0 saturated carbocycles. The first-order chi connectivity index (χ1) is 9.49. The molecule has 1 aromatic heterocycles. The monoisotopic (exact) mass is 402 g/mol. The van der Waals surface area contributed by atoms with Crippen molar-refractivity contribution in [1.82, 2.24) is 10.3 Å². The predicted molar refractivity (Wildman–Crippen MR) is 84.1 cm³/mol. The van der Waals surface area contributed by atoms with Gasteiger partial charge in [0.05, 0.1) is 12.1 Å². The number of aromatic nitrogens is 1. The molecule has 1 amide bonds. The third-order valence-electron chi connectivity index (χ3n) is 2.61. The van der Waals surface area contributed by atoms with E-state index in [1.165, 1.54) is 16.7 Å². The van der Waals surface area contributed by atoms with Crippen molar-refractivity contribution < 1.29 is 14.7 Å². The van der Waals surface area contributed by atoms with Gasteiger partial charge in [-0.3, -0.25) is 4.79 Å². The number of carbonyl (C=O) groups is 2. The number of amides is 1. The Morgan fingerprint density at radius 3 is 2.85 bits per heavy atom. The molecule has 2 rings (SSSR count). The van der Waals surface area contributed by atoms with E-state index in [0.29, 0.717) is 10.6 Å². The SMILES string of the molecule is Cc1cccc(C(=O)NCc2nc(C(=O)O)cs2)c1I. The summed E-state index contributed by atoms with van der Waals surface area (Å²) in [7, 11) is 0. The number of nitrogens with one attached hydrogen (secondary N) is 1. The highest BCUT2D eigenvalue weighted by molar-refractivity contribution is 14.1. The fraction of sp³-hybridized carbons (Fsp3) is 0.154. The van der Waals surface area contributed by atoms with Gasteiger partial charge >= 0.3 is 5.97 Å². The van der Waals surface area contributed by atoms with Crippen LogP contribution in [0.5, 0.6) is 0 Å². The van der Waals surface area contributed by atoms with Crippen LogP contribution in [0.2, 0.25) is 0 Å². The first-order valence-corrected chi connectivity index (χ1v) is 7.66. The minimum Gasteiger partial charge on any atom is -0.476 e. The second kappa shape index (κ2) is 6.31. The number of rotatable bonds is 4. The fourth-order valence-corrected chi connectivity index (χ4v) is 2.88. The molecule has 1 aromatic carbocycles. The van der Waals surface area contributed by atoms with Crippen molar-refractivity contribution in [2.45, 2.75) is 13.5 Å². The molecular weight excluding hydrogens is 391 g/mol. The third-order valence-corrected chi connectivity index (χ3v) is 4.89. The Morgan fingerprint density at radius 1 is 1.45 bits per heavy atom. The highest BCUT2D eigenvalue weighted by Gasteiger charge is 2.13. The Morgan fingerprint density at radius 2 is 2.20 bits per heavy atom. The van der Waals surface area contributed by atoms with Gasteiger partial charge in [-0.25, -0.2) is 9.78 Å². The number of carboxylic acid groups (broad SMARTS) is 1. The van der Waals surface area contributed by atoms with Crippen molar-refractivity contribution in [3.63, 3.8) is 0 Å². The Bertz CT molecular complexity index is 669. The van der Waals surface area contributed by atoms with Crippen LogP contribution in [-0.4, -0.2) is 22.0 Å². The van der Waals surface area contributed by atoms with Crippen molar-refractivity contribution in [3.8, 4) is 0 Å². The van der Waals surface area contributed by atoms with Gasteiger partial charge in [-0.2, -0.15) is 0 Å². The minimum absolute atomic E-state index is 0.00406. The zero-order chi connectivity index (χ0) is 14.7. The van der Waals surface area contributed by atoms with E-state index in [-0.39, 0.29) is 18.1 Å². The molecule has 0 unspecified atom stereocenters. The van der Waals surface area contributed by atoms with Crippen LogP contribution < -0.4 is 5.32 Å². The van der Waals surface area contributed by atoms with Crippen molar-refractivity contribution in [2.24, 2.45) is 0 Å². The first-order valence-electron chi connectivity index (χ1n) is 5.70. The zero-order valence-electron chi connectivity index (χ0n) is 10.5. The predicted octanol–water partition coefficient (Wildman–Crippen LogP) is 2.68. The number of halogens is 1. The Balaban J connectivity index is 2.05. The van der Waals surface area contributed by atoms with Crippen molar-refractivity contribution in [2.75, 3.05) is 0 Å². The maximum absolute atomic E-state index is 12.1. The van der Waals surface area contributed by atoms with Crippen LogP contribution in [0, 0.1) is 10.5 Å². The summed E-state index contributed by atoms with van der Waals surface area (Å²) in [6, 6.07) is 5.53. The summed E-state index contributed by atoms with van der Waals surface area (Å²) in [6.45, 7) is 2.17. The van der Waals surface area contributed by atoms with Crippen LogP contribution in [0.4, 0.5) is 0 Å². The standard InChI is InChI=1S/C13H11IN2O3S/c1-7-3-2-4-8(11(7)14)12(17)15-5-10-16-9(6-20-10)13(18)19/h2-4,6H,5H2,1H3,(H,15,17)(H,18,19). The van der Waals surface area contributed by atoms with Gasteiger partial charge in [-0.05, 0) is 41.1 Å². The molecule has 0 bridgehead atoms. The molecule has 0 aliphatic rings. The van der Waals surface area contributed by atoms with Crippen molar-refractivity contribution >= 4 is 45.8 Å². The molecule has 2 aromatic rings. The highest BCUT2D eigenvalue weighted by atomic mass is 127. The molecular formula is C13H11IN2O3S. The molecule has 2 N–H and O–H groups in total. The molecule has 0 radical (unpaired) electrons. The van der Waals surface area contributed by atoms with Crippen LogP contribution in [0.3, 0.4) is 0 Å². The summed E-state index contributed by atoms with van der Waals surface area (Å²) in [5.41, 5.74) is 1.66. The topological polar surface area (TPSA) is 79.3 Å². The van der Waals surface area contributed by atoms with Gasteiger partial charge in [0.1, 0.15) is 5.01 Å². The Kier molecular flexibility index (Phi) is 4.71. The van der Waals surface area contributed by atoms with E-state index in [0.717, 1.165) is 9.13 Å². The summed E-state index contributed by atoms with van der Waals surface area (Å²) in [6.07, 6.45) is 0. The van der Waals surface area contributed by atoms with Gasteiger partial charge in [-0.15, -0.1) is 11.3 Å². The molecule has 0 fully saturated rings. The largest absolute Gasteiger partial charge is 0.476 e. The number of aromatic carboxylic acids is 1. The van der Waals surface area contributed by atoms with E-state index in [1.807, 2.05) is 19.1 Å². The molecule has 0 spiro atoms. The number of carbonyl (C=O) groups excluding carboxylic acids is 1. The number of benzene rings is 1. The van der Waals surface area contributed by atoms with Crippen LogP contribution >= 0.6 is 33.9 Å². The van der Waals surface area contributed by atoms with Gasteiger partial charge in [0.2, 0.25) is 0 Å². The zero-order valence-corrected chi connectivity index (χ0v) is 13.5. The maximum Gasteiger partial charge on any atom is 0.355 e. The van der Waals surface area contributed by atoms with Gasteiger partial charge in [0, 0.05) is 8.95 Å². The maximum atomic E-state index is 12.1. The van der Waals surface area contributed by atoms with Gasteiger partial charge in [0.15, 0.2) is 5.69 Å². The molecule has 0 atom stereocenters. The van der Waals surface area contributed by atoms with E-state index in [4.69, 9.17) is 5.11 Å². The van der Waals surface area contributed by atoms with E-state index in [1.54, 1.807) is 6.07 Å². The minimum atomic E-state index is -1.06. The Hall–Kier alpha value is -1.48. The van der Waals surface area contributed by atoms with Gasteiger partial charge in [-0.1, -0.05) is 12.1 Å². The second-order valence-corrected chi connectivity index (χ2v) is 6.07. The van der Waals surface area contributed by atoms with E-state index < -0.39 is 5.97 Å². The lowest BCUT2D eigenvalue weighted by Gasteiger charge is -2.07. The van der Waals surface area contributed by atoms with E-state index in [2.05, 4.69) is 32.9 Å². The lowest BCUT2D eigenvalue weighted by atomic mass is 10.1. The lowest BCUT2D eigenvalue weighted by Crippen LogP contribution is -2.23. The van der Waals surface area contributed by atoms with Crippen LogP contribution in [0.15, 0.2) is 23.6 Å². The highest BCUT2D eigenvalue weighted by Crippen LogP contribution is 2.17. The molecule has 5 nitrogen and oxygen atoms in total. The summed E-state index contributed by atoms with van der Waals surface area (Å²) in [5.74, 6) is -1.25. The van der Waals surface area contributed by atoms with E-state index >= 15 is 0 Å². The molecule has 0 aliphatic heterocycles. The van der Waals surface area contributed by atoms with Crippen LogP contribution in [-0.2, 0) is 6.54 Å². The quantitative estimate of drug-likeness (QED) is 0.771. The number of hydrogen-bond acceptors (Lipinski definition) is 4. The third kappa shape index (κ3) is 3.34. The Labute approximate surface area is 133 Å². The van der Waals surface area contributed by atoms with Crippen molar-refractivity contribution in [1.29, 1.82) is 0 Å². The summed E-state index contributed by atoms with van der Waals surface area (Å²) in [5, 5.41) is 13.5. The van der Waals surface area contributed by atoms with Gasteiger partial charge in [0.25, 0.3) is 5.91 Å². The number of carboxylic acids is 1. The summed E-state index contributed by atoms with van der Waals surface area (Å²) >= 11 is 3.35. The molecule has 0 aliphatic carbocycles. The summed E-state index contributed by atoms with van der Waals surface area (Å²) < 4.78 is 0.910. The molecule has 104 valence electrons. The average Bonchev–Trinajstić information content (AvgIpc) is 2.88. The molecule has 7 heteroatoms. The van der Waals surface area contributed by atoms with Crippen molar-refractivity contribution in [3.05, 3.63) is 49.0 Å². The first kappa shape index (κ1) is 14.9. The fourth-order valence-electron chi connectivity index (χ4n) is 1.56. The average molecular weight is 402 g/mol. The number of thiazole rings is 1. The smallest absolute Gasteiger partial charge is 0.355 e.